The van der Waals surface area contributed by atoms with Crippen molar-refractivity contribution in [3.05, 3.63) is 63.2 Å². The van der Waals surface area contributed by atoms with Crippen LogP contribution < -0.4 is 15.8 Å². The number of carbonyl (C=O) groups excluding carboxylic acids is 1. The minimum Gasteiger partial charge on any atom is -0.490 e. The van der Waals surface area contributed by atoms with Crippen molar-refractivity contribution in [2.45, 2.75) is 6.04 Å². The molecule has 24 heavy (non-hydrogen) atoms. The first-order valence-electron chi connectivity index (χ1n) is 6.84. The first-order chi connectivity index (χ1) is 11.4. The predicted octanol–water partition coefficient (Wildman–Crippen LogP) is 2.32. The smallest absolute Gasteiger partial charge is 0.284 e. The van der Waals surface area contributed by atoms with Crippen LogP contribution in [0.4, 0.5) is 20.2 Å². The van der Waals surface area contributed by atoms with Crippen LogP contribution in [0.2, 0.25) is 0 Å². The molecular formula is C15H11F2N3O4. The molecule has 1 heterocycles. The molecule has 0 saturated carbocycles. The largest absolute Gasteiger partial charge is 0.490 e. The number of nitrogen functional groups attached to an aromatic ring is 1. The van der Waals surface area contributed by atoms with Crippen LogP contribution in [0, 0.1) is 21.7 Å². The Balaban J connectivity index is 1.93. The number of hydrogen-bond donors (Lipinski definition) is 2. The molecule has 3 N–H and O–H groups in total. The molecule has 0 fully saturated rings. The Hall–Kier alpha value is -3.23. The van der Waals surface area contributed by atoms with E-state index >= 15 is 0 Å². The number of halogens is 2. The van der Waals surface area contributed by atoms with Gasteiger partial charge in [-0.05, 0) is 6.07 Å². The number of nitro groups is 1. The molecule has 3 rings (SSSR count). The maximum Gasteiger partial charge on any atom is 0.284 e. The van der Waals surface area contributed by atoms with E-state index < -0.39 is 34.2 Å². The maximum atomic E-state index is 13.9. The Bertz CT molecular complexity index is 857. The fourth-order valence-electron chi connectivity index (χ4n) is 2.58. The van der Waals surface area contributed by atoms with Crippen LogP contribution in [0.15, 0.2) is 30.3 Å². The van der Waals surface area contributed by atoms with Crippen molar-refractivity contribution in [3.63, 3.8) is 0 Å². The Morgan fingerprint density at radius 1 is 1.38 bits per heavy atom. The highest BCUT2D eigenvalue weighted by molar-refractivity contribution is 6.03. The van der Waals surface area contributed by atoms with Crippen molar-refractivity contribution in [2.75, 3.05) is 12.3 Å². The van der Waals surface area contributed by atoms with Gasteiger partial charge >= 0.3 is 0 Å². The lowest BCUT2D eigenvalue weighted by Crippen LogP contribution is -2.31. The molecule has 2 aromatic rings. The van der Waals surface area contributed by atoms with Crippen LogP contribution in [0.1, 0.15) is 22.0 Å². The molecular weight excluding hydrogens is 324 g/mol. The average Bonchev–Trinajstić information content (AvgIpc) is 2.89. The van der Waals surface area contributed by atoms with Crippen molar-refractivity contribution in [2.24, 2.45) is 0 Å². The molecule has 9 heteroatoms. The number of nitro benzene ring substituents is 1. The molecule has 1 aliphatic rings. The number of rotatable bonds is 3. The highest BCUT2D eigenvalue weighted by Gasteiger charge is 2.32. The van der Waals surface area contributed by atoms with Gasteiger partial charge < -0.3 is 15.8 Å². The summed E-state index contributed by atoms with van der Waals surface area (Å²) in [5, 5.41) is 13.5. The monoisotopic (exact) mass is 335 g/mol. The zero-order valence-electron chi connectivity index (χ0n) is 12.1. The summed E-state index contributed by atoms with van der Waals surface area (Å²) in [5.41, 5.74) is 4.78. The number of anilines is 1. The van der Waals surface area contributed by atoms with Crippen molar-refractivity contribution >= 4 is 17.3 Å². The van der Waals surface area contributed by atoms with Crippen LogP contribution in [-0.2, 0) is 0 Å². The Kier molecular flexibility index (Phi) is 3.76. The number of ether oxygens (including phenoxy) is 1. The average molecular weight is 335 g/mol. The zero-order valence-corrected chi connectivity index (χ0v) is 12.1. The number of nitrogens with zero attached hydrogens (tertiary/aromatic N) is 1. The van der Waals surface area contributed by atoms with Gasteiger partial charge in [0.25, 0.3) is 11.6 Å². The molecule has 0 bridgehead atoms. The Morgan fingerprint density at radius 2 is 2.12 bits per heavy atom. The fourth-order valence-corrected chi connectivity index (χ4v) is 2.58. The fraction of sp³-hybridized carbons (Fsp3) is 0.133. The third kappa shape index (κ3) is 2.60. The van der Waals surface area contributed by atoms with Gasteiger partial charge in [-0.25, -0.2) is 8.78 Å². The molecule has 7 nitrogen and oxygen atoms in total. The maximum absolute atomic E-state index is 13.9. The van der Waals surface area contributed by atoms with Crippen LogP contribution in [0.3, 0.4) is 0 Å². The molecule has 0 saturated heterocycles. The van der Waals surface area contributed by atoms with E-state index in [1.54, 1.807) is 0 Å². The van der Waals surface area contributed by atoms with E-state index in [1.165, 1.54) is 12.1 Å². The van der Waals surface area contributed by atoms with Gasteiger partial charge in [0.05, 0.1) is 22.2 Å². The van der Waals surface area contributed by atoms with Gasteiger partial charge in [-0.15, -0.1) is 0 Å². The Morgan fingerprint density at radius 3 is 2.83 bits per heavy atom. The summed E-state index contributed by atoms with van der Waals surface area (Å²) in [6.07, 6.45) is 0. The van der Waals surface area contributed by atoms with E-state index in [0.717, 1.165) is 12.1 Å². The summed E-state index contributed by atoms with van der Waals surface area (Å²) in [4.78, 5) is 22.7. The number of carbonyl (C=O) groups is 1. The van der Waals surface area contributed by atoms with Gasteiger partial charge in [0.15, 0.2) is 0 Å². The minimum absolute atomic E-state index is 0.0121. The molecule has 2 aromatic carbocycles. The lowest BCUT2D eigenvalue weighted by atomic mass is 10.1. The normalized spacial score (nSPS) is 15.5. The van der Waals surface area contributed by atoms with E-state index in [0.29, 0.717) is 6.07 Å². The number of nitrogens with one attached hydrogen (secondary N) is 1. The molecule has 0 radical (unpaired) electrons. The second-order valence-corrected chi connectivity index (χ2v) is 5.13. The highest BCUT2D eigenvalue weighted by Crippen LogP contribution is 2.36. The van der Waals surface area contributed by atoms with Crippen molar-refractivity contribution in [3.8, 4) is 5.75 Å². The van der Waals surface area contributed by atoms with Gasteiger partial charge in [-0.1, -0.05) is 6.07 Å². The second-order valence-electron chi connectivity index (χ2n) is 5.13. The van der Waals surface area contributed by atoms with E-state index in [2.05, 4.69) is 5.32 Å². The first-order valence-corrected chi connectivity index (χ1v) is 6.84. The van der Waals surface area contributed by atoms with Crippen LogP contribution in [0.25, 0.3) is 0 Å². The molecule has 1 atom stereocenters. The first kappa shape index (κ1) is 15.7. The number of nitrogens with two attached hydrogens (primary N) is 1. The van der Waals surface area contributed by atoms with Crippen molar-refractivity contribution < 1.29 is 23.2 Å². The number of hydrogen-bond acceptors (Lipinski definition) is 5. The minimum atomic E-state index is -0.910. The van der Waals surface area contributed by atoms with Crippen molar-refractivity contribution in [1.29, 1.82) is 0 Å². The summed E-state index contributed by atoms with van der Waals surface area (Å²) in [6.45, 7) is -0.123. The third-order valence-electron chi connectivity index (χ3n) is 3.61. The predicted molar refractivity (Wildman–Crippen MR) is 79.6 cm³/mol. The molecule has 0 aliphatic carbocycles. The molecule has 124 valence electrons. The van der Waals surface area contributed by atoms with E-state index in [9.17, 15) is 23.7 Å². The zero-order chi connectivity index (χ0) is 17.4. The topological polar surface area (TPSA) is 107 Å². The van der Waals surface area contributed by atoms with Gasteiger partial charge in [0, 0.05) is 18.2 Å². The second kappa shape index (κ2) is 5.76. The van der Waals surface area contributed by atoms with E-state index in [4.69, 9.17) is 10.5 Å². The van der Waals surface area contributed by atoms with Crippen LogP contribution in [-0.4, -0.2) is 17.4 Å². The van der Waals surface area contributed by atoms with Crippen molar-refractivity contribution in [1.82, 2.24) is 5.32 Å². The number of fused-ring (bicyclic) bond motifs is 1. The van der Waals surface area contributed by atoms with Gasteiger partial charge in [0.2, 0.25) is 0 Å². The van der Waals surface area contributed by atoms with Gasteiger partial charge in [-0.3, -0.25) is 14.9 Å². The quantitative estimate of drug-likeness (QED) is 0.508. The SMILES string of the molecule is Nc1cccc([N+](=O)[O-])c1C(=O)N[C@@H]1COc2cc(F)cc(F)c21. The number of amides is 1. The van der Waals surface area contributed by atoms with Gasteiger partial charge in [0.1, 0.15) is 29.6 Å². The summed E-state index contributed by atoms with van der Waals surface area (Å²) >= 11 is 0. The summed E-state index contributed by atoms with van der Waals surface area (Å²) in [7, 11) is 0. The lowest BCUT2D eigenvalue weighted by Gasteiger charge is -2.13. The molecule has 0 unspecified atom stereocenters. The van der Waals surface area contributed by atoms with E-state index in [-0.39, 0.29) is 29.2 Å². The standard InChI is InChI=1S/C15H11F2N3O4/c16-7-4-8(17)13-10(6-24-12(13)5-7)19-15(21)14-9(18)2-1-3-11(14)20(22)23/h1-5,10H,6,18H2,(H,19,21)/t10-/m1/s1. The van der Waals surface area contributed by atoms with Gasteiger partial charge in [-0.2, -0.15) is 0 Å². The molecule has 1 amide bonds. The summed E-state index contributed by atoms with van der Waals surface area (Å²) < 4.78 is 32.3. The number of benzene rings is 2. The lowest BCUT2D eigenvalue weighted by molar-refractivity contribution is -0.385. The van der Waals surface area contributed by atoms with E-state index in [1.807, 2.05) is 0 Å². The highest BCUT2D eigenvalue weighted by atomic mass is 19.1. The molecule has 0 spiro atoms. The Labute approximate surface area is 134 Å². The van der Waals surface area contributed by atoms with Crippen LogP contribution in [0.5, 0.6) is 5.75 Å². The summed E-state index contributed by atoms with van der Waals surface area (Å²) in [5.74, 6) is -2.54. The molecule has 0 aromatic heterocycles. The molecule has 1 aliphatic heterocycles. The third-order valence-corrected chi connectivity index (χ3v) is 3.61. The van der Waals surface area contributed by atoms with Crippen LogP contribution >= 0.6 is 0 Å². The summed E-state index contributed by atoms with van der Waals surface area (Å²) in [6, 6.07) is 4.60.